The van der Waals surface area contributed by atoms with Gasteiger partial charge in [0.25, 0.3) is 5.91 Å². The number of anilines is 1. The minimum absolute atomic E-state index is 0.282. The third kappa shape index (κ3) is 2.52. The fourth-order valence-electron chi connectivity index (χ4n) is 4.33. The number of likely N-dealkylation sites (tertiary alicyclic amines) is 1. The van der Waals surface area contributed by atoms with Crippen LogP contribution in [0.3, 0.4) is 0 Å². The number of halogens is 1. The summed E-state index contributed by atoms with van der Waals surface area (Å²) >= 11 is 0. The minimum atomic E-state index is -1.48. The number of alkyl halides is 1. The SMILES string of the molecule is CC1NC(N2CC3CN(c4ccc5nncn5n4)CC3C2)NC(=O)C1F. The van der Waals surface area contributed by atoms with E-state index in [4.69, 9.17) is 0 Å². The highest BCUT2D eigenvalue weighted by Gasteiger charge is 2.45. The van der Waals surface area contributed by atoms with Crippen molar-refractivity contribution >= 4 is 17.4 Å². The van der Waals surface area contributed by atoms with Crippen LogP contribution < -0.4 is 15.5 Å². The second kappa shape index (κ2) is 5.85. The Labute approximate surface area is 149 Å². The zero-order valence-corrected chi connectivity index (χ0v) is 14.4. The molecule has 26 heavy (non-hydrogen) atoms. The molecule has 1 amide bonds. The second-order valence-electron chi connectivity index (χ2n) is 7.47. The predicted octanol–water partition coefficient (Wildman–Crippen LogP) is -0.778. The average Bonchev–Trinajstić information content (AvgIpc) is 3.32. The maximum atomic E-state index is 13.7. The largest absolute Gasteiger partial charge is 0.355 e. The van der Waals surface area contributed by atoms with Crippen LogP contribution in [0.15, 0.2) is 18.5 Å². The van der Waals surface area contributed by atoms with E-state index < -0.39 is 18.1 Å². The quantitative estimate of drug-likeness (QED) is 0.726. The summed E-state index contributed by atoms with van der Waals surface area (Å²) in [7, 11) is 0. The second-order valence-corrected chi connectivity index (χ2v) is 7.47. The maximum Gasteiger partial charge on any atom is 0.258 e. The van der Waals surface area contributed by atoms with Gasteiger partial charge in [0.05, 0.1) is 0 Å². The first-order chi connectivity index (χ1) is 12.6. The lowest BCUT2D eigenvalue weighted by Crippen LogP contribution is -2.67. The van der Waals surface area contributed by atoms with Crippen LogP contribution in [0.25, 0.3) is 5.65 Å². The van der Waals surface area contributed by atoms with E-state index in [1.165, 1.54) is 0 Å². The van der Waals surface area contributed by atoms with Crippen LogP contribution in [0.2, 0.25) is 0 Å². The fraction of sp³-hybridized carbons (Fsp3) is 0.625. The summed E-state index contributed by atoms with van der Waals surface area (Å²) in [6, 6.07) is 3.44. The number of nitrogens with one attached hydrogen (secondary N) is 2. The molecule has 2 aromatic rings. The Bertz CT molecular complexity index is 829. The molecular formula is C16H21FN8O. The lowest BCUT2D eigenvalue weighted by Gasteiger charge is -2.37. The van der Waals surface area contributed by atoms with Crippen molar-refractivity contribution in [1.82, 2.24) is 35.3 Å². The standard InChI is InChI=1S/C16H21FN8O/c1-9-14(17)15(26)20-16(19-9)24-6-10-4-23(5-11(10)7-24)13-3-2-12-21-18-8-25(12)22-13/h2-3,8-11,14,16,19H,4-7H2,1H3,(H,20,26). The topological polar surface area (TPSA) is 90.7 Å². The van der Waals surface area contributed by atoms with Gasteiger partial charge in [-0.2, -0.15) is 4.52 Å². The van der Waals surface area contributed by atoms with E-state index in [1.807, 2.05) is 12.1 Å². The number of nitrogens with zero attached hydrogens (tertiary/aromatic N) is 6. The smallest absolute Gasteiger partial charge is 0.258 e. The summed E-state index contributed by atoms with van der Waals surface area (Å²) in [6.45, 7) is 5.30. The minimum Gasteiger partial charge on any atom is -0.355 e. The zero-order valence-electron chi connectivity index (χ0n) is 14.4. The van der Waals surface area contributed by atoms with E-state index >= 15 is 0 Å². The van der Waals surface area contributed by atoms with Crippen LogP contribution in [-0.2, 0) is 4.79 Å². The number of hydrogen-bond donors (Lipinski definition) is 2. The number of hydrogen-bond acceptors (Lipinski definition) is 7. The van der Waals surface area contributed by atoms with Gasteiger partial charge in [-0.1, -0.05) is 0 Å². The summed E-state index contributed by atoms with van der Waals surface area (Å²) in [6.07, 6.45) is -0.161. The predicted molar refractivity (Wildman–Crippen MR) is 91.0 cm³/mol. The molecule has 5 unspecified atom stereocenters. The van der Waals surface area contributed by atoms with Gasteiger partial charge in [-0.15, -0.1) is 15.3 Å². The summed E-state index contributed by atoms with van der Waals surface area (Å²) < 4.78 is 15.4. The maximum absolute atomic E-state index is 13.7. The zero-order chi connectivity index (χ0) is 17.8. The van der Waals surface area contributed by atoms with E-state index in [0.717, 1.165) is 37.6 Å². The Hall–Kier alpha value is -2.33. The normalized spacial score (nSPS) is 35.1. The number of fused-ring (bicyclic) bond motifs is 2. The van der Waals surface area contributed by atoms with Crippen molar-refractivity contribution in [3.8, 4) is 0 Å². The summed E-state index contributed by atoms with van der Waals surface area (Å²) in [5.41, 5.74) is 0.735. The van der Waals surface area contributed by atoms with Crippen molar-refractivity contribution in [1.29, 1.82) is 0 Å². The molecule has 10 heteroatoms. The molecule has 0 saturated carbocycles. The number of carbonyl (C=O) groups excluding carboxylic acids is 1. The van der Waals surface area contributed by atoms with E-state index in [-0.39, 0.29) is 6.29 Å². The van der Waals surface area contributed by atoms with Crippen molar-refractivity contribution in [2.75, 3.05) is 31.1 Å². The first kappa shape index (κ1) is 15.9. The Kier molecular flexibility index (Phi) is 3.57. The molecule has 0 spiro atoms. The van der Waals surface area contributed by atoms with Gasteiger partial charge in [-0.05, 0) is 30.9 Å². The molecule has 0 radical (unpaired) electrons. The fourth-order valence-corrected chi connectivity index (χ4v) is 4.33. The Balaban J connectivity index is 1.25. The van der Waals surface area contributed by atoms with Gasteiger partial charge in [0.15, 0.2) is 11.8 Å². The van der Waals surface area contributed by atoms with E-state index in [0.29, 0.717) is 11.8 Å². The highest BCUT2D eigenvalue weighted by molar-refractivity contribution is 5.82. The molecule has 3 aliphatic heterocycles. The molecule has 0 aliphatic carbocycles. The Morgan fingerprint density at radius 3 is 2.69 bits per heavy atom. The van der Waals surface area contributed by atoms with Gasteiger partial charge >= 0.3 is 0 Å². The average molecular weight is 360 g/mol. The van der Waals surface area contributed by atoms with E-state index in [2.05, 4.69) is 35.7 Å². The first-order valence-electron chi connectivity index (χ1n) is 8.95. The van der Waals surface area contributed by atoms with Crippen LogP contribution in [0.4, 0.5) is 10.2 Å². The lowest BCUT2D eigenvalue weighted by atomic mass is 10.0. The van der Waals surface area contributed by atoms with Gasteiger partial charge in [0, 0.05) is 32.2 Å². The van der Waals surface area contributed by atoms with Gasteiger partial charge in [0.2, 0.25) is 0 Å². The Morgan fingerprint density at radius 2 is 1.96 bits per heavy atom. The van der Waals surface area contributed by atoms with Gasteiger partial charge < -0.3 is 10.2 Å². The molecule has 0 bridgehead atoms. The number of rotatable bonds is 2. The van der Waals surface area contributed by atoms with E-state index in [9.17, 15) is 9.18 Å². The third-order valence-corrected chi connectivity index (χ3v) is 5.74. The molecule has 3 aliphatic rings. The van der Waals surface area contributed by atoms with Crippen LogP contribution in [0, 0.1) is 11.8 Å². The third-order valence-electron chi connectivity index (χ3n) is 5.74. The molecule has 0 aromatic carbocycles. The molecule has 3 fully saturated rings. The highest BCUT2D eigenvalue weighted by atomic mass is 19.1. The molecule has 138 valence electrons. The van der Waals surface area contributed by atoms with Crippen molar-refractivity contribution in [2.24, 2.45) is 11.8 Å². The molecule has 2 aromatic heterocycles. The van der Waals surface area contributed by atoms with Crippen molar-refractivity contribution in [3.63, 3.8) is 0 Å². The summed E-state index contributed by atoms with van der Waals surface area (Å²) in [5, 5.41) is 18.3. The molecule has 5 atom stereocenters. The molecular weight excluding hydrogens is 339 g/mol. The first-order valence-corrected chi connectivity index (χ1v) is 8.95. The van der Waals surface area contributed by atoms with Crippen LogP contribution in [0.1, 0.15) is 6.92 Å². The van der Waals surface area contributed by atoms with Crippen LogP contribution in [-0.4, -0.2) is 75.3 Å². The van der Waals surface area contributed by atoms with E-state index in [1.54, 1.807) is 17.8 Å². The molecule has 3 saturated heterocycles. The summed E-state index contributed by atoms with van der Waals surface area (Å²) in [5.74, 6) is 1.42. The summed E-state index contributed by atoms with van der Waals surface area (Å²) in [4.78, 5) is 16.3. The molecule has 9 nitrogen and oxygen atoms in total. The molecule has 2 N–H and O–H groups in total. The monoisotopic (exact) mass is 360 g/mol. The van der Waals surface area contributed by atoms with Crippen LogP contribution >= 0.6 is 0 Å². The number of aromatic nitrogens is 4. The van der Waals surface area contributed by atoms with Crippen molar-refractivity contribution < 1.29 is 9.18 Å². The molecule has 5 rings (SSSR count). The van der Waals surface area contributed by atoms with Crippen molar-refractivity contribution in [3.05, 3.63) is 18.5 Å². The van der Waals surface area contributed by atoms with Gasteiger partial charge in [-0.25, -0.2) is 4.39 Å². The van der Waals surface area contributed by atoms with Gasteiger partial charge in [0.1, 0.15) is 18.4 Å². The van der Waals surface area contributed by atoms with Crippen molar-refractivity contribution in [2.45, 2.75) is 25.4 Å². The van der Waals surface area contributed by atoms with Crippen LogP contribution in [0.5, 0.6) is 0 Å². The molecule has 5 heterocycles. The lowest BCUT2D eigenvalue weighted by molar-refractivity contribution is -0.133. The Morgan fingerprint density at radius 1 is 1.19 bits per heavy atom. The van der Waals surface area contributed by atoms with Gasteiger partial charge in [-0.3, -0.25) is 15.0 Å². The number of carbonyl (C=O) groups is 1. The highest BCUT2D eigenvalue weighted by Crippen LogP contribution is 2.34. The number of amides is 1.